The van der Waals surface area contributed by atoms with E-state index in [1.807, 2.05) is 30.3 Å². The minimum absolute atomic E-state index is 0.147. The number of benzene rings is 1. The molecule has 3 saturated carbocycles. The molecule has 0 heterocycles. The van der Waals surface area contributed by atoms with Gasteiger partial charge in [-0.1, -0.05) is 30.3 Å². The highest BCUT2D eigenvalue weighted by atomic mass is 16.5. The number of alkyl carbamates (subject to hydrolysis) is 1. The van der Waals surface area contributed by atoms with Crippen LogP contribution in [0.1, 0.15) is 31.2 Å². The van der Waals surface area contributed by atoms with Gasteiger partial charge >= 0.3 is 12.1 Å². The Bertz CT molecular complexity index is 531. The number of fused-ring (bicyclic) bond motifs is 1. The molecular formula is C16H19NO4. The molecule has 1 amide bonds. The number of carbonyl (C=O) groups is 2. The van der Waals surface area contributed by atoms with Gasteiger partial charge in [0.1, 0.15) is 12.6 Å². The van der Waals surface area contributed by atoms with Gasteiger partial charge in [-0.3, -0.25) is 0 Å². The molecule has 1 atom stereocenters. The Morgan fingerprint density at radius 3 is 2.62 bits per heavy atom. The Balaban J connectivity index is 1.56. The normalized spacial score (nSPS) is 27.5. The van der Waals surface area contributed by atoms with Gasteiger partial charge in [0.15, 0.2) is 0 Å². The average molecular weight is 289 g/mol. The lowest BCUT2D eigenvalue weighted by Crippen LogP contribution is -2.54. The van der Waals surface area contributed by atoms with Crippen molar-refractivity contribution in [2.24, 2.45) is 11.3 Å². The lowest BCUT2D eigenvalue weighted by Gasteiger charge is -2.42. The number of carbonyl (C=O) groups excluding carboxylic acids is 1. The highest BCUT2D eigenvalue weighted by Crippen LogP contribution is 2.60. The maximum Gasteiger partial charge on any atom is 0.408 e. The van der Waals surface area contributed by atoms with Gasteiger partial charge in [0.25, 0.3) is 0 Å². The van der Waals surface area contributed by atoms with Crippen molar-refractivity contribution >= 4 is 12.1 Å². The second-order valence-corrected chi connectivity index (χ2v) is 6.15. The van der Waals surface area contributed by atoms with Crippen LogP contribution in [0.25, 0.3) is 0 Å². The summed E-state index contributed by atoms with van der Waals surface area (Å²) < 4.78 is 5.12. The first-order chi connectivity index (χ1) is 10.1. The van der Waals surface area contributed by atoms with E-state index in [4.69, 9.17) is 4.74 Å². The Morgan fingerprint density at radius 1 is 1.33 bits per heavy atom. The highest BCUT2D eigenvalue weighted by molar-refractivity contribution is 5.81. The molecule has 112 valence electrons. The number of nitrogens with one attached hydrogen (secondary N) is 1. The molecule has 5 nitrogen and oxygen atoms in total. The molecule has 0 aliphatic heterocycles. The molecule has 0 aromatic heterocycles. The molecule has 3 fully saturated rings. The molecular weight excluding hydrogens is 270 g/mol. The zero-order valence-electron chi connectivity index (χ0n) is 11.7. The summed E-state index contributed by atoms with van der Waals surface area (Å²) in [6.45, 7) is 0.147. The first kappa shape index (κ1) is 13.9. The predicted molar refractivity (Wildman–Crippen MR) is 75.6 cm³/mol. The van der Waals surface area contributed by atoms with E-state index in [0.29, 0.717) is 5.92 Å². The molecule has 5 heteroatoms. The molecule has 21 heavy (non-hydrogen) atoms. The molecule has 3 aliphatic carbocycles. The average Bonchev–Trinajstić information content (AvgIpc) is 3.04. The summed E-state index contributed by atoms with van der Waals surface area (Å²) in [4.78, 5) is 23.3. The molecule has 1 aromatic carbocycles. The number of carboxylic acid groups (broad SMARTS) is 1. The Labute approximate surface area is 123 Å². The minimum atomic E-state index is -0.966. The lowest BCUT2D eigenvalue weighted by atomic mass is 9.65. The van der Waals surface area contributed by atoms with Gasteiger partial charge in [0.05, 0.1) is 0 Å². The van der Waals surface area contributed by atoms with Crippen LogP contribution < -0.4 is 5.32 Å². The van der Waals surface area contributed by atoms with E-state index >= 15 is 0 Å². The number of ether oxygens (including phenoxy) is 1. The first-order valence-electron chi connectivity index (χ1n) is 7.29. The highest BCUT2D eigenvalue weighted by Gasteiger charge is 2.57. The molecule has 1 unspecified atom stereocenters. The summed E-state index contributed by atoms with van der Waals surface area (Å²) in [6.07, 6.45) is 3.11. The van der Waals surface area contributed by atoms with Crippen LogP contribution in [0, 0.1) is 11.3 Å². The first-order valence-corrected chi connectivity index (χ1v) is 7.29. The van der Waals surface area contributed by atoms with Gasteiger partial charge in [0.2, 0.25) is 0 Å². The van der Waals surface area contributed by atoms with Crippen molar-refractivity contribution in [2.75, 3.05) is 0 Å². The summed E-state index contributed by atoms with van der Waals surface area (Å²) in [5.41, 5.74) is 0.629. The van der Waals surface area contributed by atoms with Gasteiger partial charge in [-0.2, -0.15) is 0 Å². The lowest BCUT2D eigenvalue weighted by molar-refractivity contribution is -0.144. The van der Waals surface area contributed by atoms with E-state index in [0.717, 1.165) is 31.2 Å². The SMILES string of the molecule is O=C(NC(C(=O)O)C12CCC(C1)C2)OCc1ccccc1. The topological polar surface area (TPSA) is 75.6 Å². The molecule has 4 rings (SSSR count). The number of aliphatic carboxylic acids is 1. The predicted octanol–water partition coefficient (Wildman–Crippen LogP) is 2.56. The van der Waals surface area contributed by atoms with Crippen molar-refractivity contribution in [3.05, 3.63) is 35.9 Å². The molecule has 0 radical (unpaired) electrons. The van der Waals surface area contributed by atoms with E-state index in [9.17, 15) is 14.7 Å². The zero-order valence-corrected chi connectivity index (χ0v) is 11.7. The van der Waals surface area contributed by atoms with Crippen molar-refractivity contribution in [2.45, 2.75) is 38.3 Å². The van der Waals surface area contributed by atoms with Crippen LogP contribution >= 0.6 is 0 Å². The third kappa shape index (κ3) is 2.73. The van der Waals surface area contributed by atoms with Crippen LogP contribution in [0.4, 0.5) is 4.79 Å². The summed E-state index contributed by atoms with van der Waals surface area (Å²) in [5.74, 6) is -0.319. The molecule has 1 aromatic rings. The second-order valence-electron chi connectivity index (χ2n) is 6.15. The number of rotatable bonds is 5. The molecule has 2 bridgehead atoms. The zero-order chi connectivity index (χ0) is 14.9. The van der Waals surface area contributed by atoms with Crippen LogP contribution in [0.15, 0.2) is 30.3 Å². The summed E-state index contributed by atoms with van der Waals surface area (Å²) in [6, 6.07) is 8.49. The maximum atomic E-state index is 11.9. The standard InChI is InChI=1S/C16H19NO4/c18-14(19)13(16-7-6-12(8-16)9-16)17-15(20)21-10-11-4-2-1-3-5-11/h1-5,12-13H,6-10H2,(H,17,20)(H,18,19). The third-order valence-corrected chi connectivity index (χ3v) is 4.78. The molecule has 0 spiro atoms. The van der Waals surface area contributed by atoms with Crippen LogP contribution in [-0.4, -0.2) is 23.2 Å². The number of amides is 1. The van der Waals surface area contributed by atoms with Crippen LogP contribution in [-0.2, 0) is 16.1 Å². The maximum absolute atomic E-state index is 11.9. The Morgan fingerprint density at radius 2 is 2.05 bits per heavy atom. The summed E-state index contributed by atoms with van der Waals surface area (Å²) in [5, 5.41) is 11.9. The summed E-state index contributed by atoms with van der Waals surface area (Å²) in [7, 11) is 0. The molecule has 3 aliphatic rings. The van der Waals surface area contributed by atoms with Gasteiger partial charge in [-0.25, -0.2) is 9.59 Å². The largest absolute Gasteiger partial charge is 0.480 e. The van der Waals surface area contributed by atoms with E-state index in [-0.39, 0.29) is 12.0 Å². The van der Waals surface area contributed by atoms with Crippen molar-refractivity contribution in [3.63, 3.8) is 0 Å². The van der Waals surface area contributed by atoms with Crippen molar-refractivity contribution in [1.29, 1.82) is 0 Å². The fourth-order valence-corrected chi connectivity index (χ4v) is 3.73. The fourth-order valence-electron chi connectivity index (χ4n) is 3.73. The molecule has 2 N–H and O–H groups in total. The van der Waals surface area contributed by atoms with E-state index < -0.39 is 18.1 Å². The quantitative estimate of drug-likeness (QED) is 0.873. The number of hydrogen-bond acceptors (Lipinski definition) is 3. The van der Waals surface area contributed by atoms with Crippen molar-refractivity contribution in [3.8, 4) is 0 Å². The summed E-state index contributed by atoms with van der Waals surface area (Å²) >= 11 is 0. The van der Waals surface area contributed by atoms with Crippen LogP contribution in [0.5, 0.6) is 0 Å². The Hall–Kier alpha value is -2.04. The second kappa shape index (κ2) is 5.39. The Kier molecular flexibility index (Phi) is 3.57. The monoisotopic (exact) mass is 289 g/mol. The molecule has 0 saturated heterocycles. The number of hydrogen-bond donors (Lipinski definition) is 2. The third-order valence-electron chi connectivity index (χ3n) is 4.78. The van der Waals surface area contributed by atoms with Crippen LogP contribution in [0.3, 0.4) is 0 Å². The minimum Gasteiger partial charge on any atom is -0.480 e. The number of carboxylic acids is 1. The van der Waals surface area contributed by atoms with Crippen LogP contribution in [0.2, 0.25) is 0 Å². The van der Waals surface area contributed by atoms with Gasteiger partial charge < -0.3 is 15.2 Å². The van der Waals surface area contributed by atoms with E-state index in [2.05, 4.69) is 5.32 Å². The fraction of sp³-hybridized carbons (Fsp3) is 0.500. The smallest absolute Gasteiger partial charge is 0.408 e. The van der Waals surface area contributed by atoms with E-state index in [1.165, 1.54) is 0 Å². The van der Waals surface area contributed by atoms with Crippen molar-refractivity contribution in [1.82, 2.24) is 5.32 Å². The van der Waals surface area contributed by atoms with E-state index in [1.54, 1.807) is 0 Å². The van der Waals surface area contributed by atoms with Crippen molar-refractivity contribution < 1.29 is 19.4 Å². The van der Waals surface area contributed by atoms with Gasteiger partial charge in [0, 0.05) is 5.41 Å². The van der Waals surface area contributed by atoms with Gasteiger partial charge in [-0.15, -0.1) is 0 Å². The van der Waals surface area contributed by atoms with Gasteiger partial charge in [-0.05, 0) is 37.2 Å².